The monoisotopic (exact) mass is 440 g/mol. The van der Waals surface area contributed by atoms with Crippen LogP contribution in [0.2, 0.25) is 0 Å². The first-order valence-corrected chi connectivity index (χ1v) is 10.2. The number of hydrogen-bond donors (Lipinski definition) is 0. The topological polar surface area (TPSA) is 9.23 Å². The third-order valence-electron chi connectivity index (χ3n) is 5.15. The zero-order valence-electron chi connectivity index (χ0n) is 17.0. The summed E-state index contributed by atoms with van der Waals surface area (Å²) in [5, 5.41) is -0.238. The van der Waals surface area contributed by atoms with E-state index >= 15 is 0 Å². The zero-order valence-corrected chi connectivity index (χ0v) is 17.0. The van der Waals surface area contributed by atoms with Crippen LogP contribution in [-0.4, -0.2) is 6.61 Å². The highest BCUT2D eigenvalue weighted by Gasteiger charge is 2.20. The van der Waals surface area contributed by atoms with E-state index in [0.29, 0.717) is 12.0 Å². The highest BCUT2D eigenvalue weighted by atomic mass is 19.3. The molecule has 0 saturated carbocycles. The van der Waals surface area contributed by atoms with Gasteiger partial charge in [0.05, 0.1) is 5.56 Å². The van der Waals surface area contributed by atoms with Crippen LogP contribution in [-0.2, 0) is 6.42 Å². The largest absolute Gasteiger partial charge is 0.429 e. The molecule has 0 spiro atoms. The van der Waals surface area contributed by atoms with Gasteiger partial charge in [-0.15, -0.1) is 0 Å². The minimum atomic E-state index is -3.39. The lowest BCUT2D eigenvalue weighted by Gasteiger charge is -2.12. The predicted molar refractivity (Wildman–Crippen MR) is 108 cm³/mol. The van der Waals surface area contributed by atoms with Gasteiger partial charge in [-0.2, -0.15) is 8.78 Å². The minimum Gasteiger partial charge on any atom is -0.429 e. The molecule has 0 radical (unpaired) electrons. The highest BCUT2D eigenvalue weighted by molar-refractivity contribution is 5.89. The molecule has 1 nitrogen and oxygen atoms in total. The molecule has 0 unspecified atom stereocenters. The van der Waals surface area contributed by atoms with E-state index in [0.717, 1.165) is 44.2 Å². The van der Waals surface area contributed by atoms with Crippen molar-refractivity contribution in [3.05, 3.63) is 65.2 Å². The lowest BCUT2D eigenvalue weighted by Crippen LogP contribution is -2.06. The second-order valence-electron chi connectivity index (χ2n) is 7.41. The number of unbranched alkanes of at least 4 members (excludes halogenated alkanes) is 4. The molecule has 0 aliphatic rings. The Balaban J connectivity index is 1.91. The SMILES string of the molecule is CCCCCCCc1cc(F)c(-c2ccc3c(F)c(OC(F)F)c(F)cc3c2)c(F)c1. The van der Waals surface area contributed by atoms with Crippen LogP contribution in [0.15, 0.2) is 36.4 Å². The third kappa shape index (κ3) is 5.32. The van der Waals surface area contributed by atoms with E-state index in [-0.39, 0.29) is 21.9 Å². The summed E-state index contributed by atoms with van der Waals surface area (Å²) in [5.74, 6) is -5.39. The molecule has 3 rings (SSSR count). The molecule has 0 saturated heterocycles. The number of rotatable bonds is 9. The van der Waals surface area contributed by atoms with E-state index in [1.807, 2.05) is 0 Å². The van der Waals surface area contributed by atoms with Crippen molar-refractivity contribution in [3.8, 4) is 16.9 Å². The van der Waals surface area contributed by atoms with Gasteiger partial charge in [-0.05, 0) is 53.6 Å². The molecule has 3 aromatic rings. The molecule has 0 fully saturated rings. The summed E-state index contributed by atoms with van der Waals surface area (Å²) in [7, 11) is 0. The second kappa shape index (κ2) is 10.1. The molecule has 0 amide bonds. The van der Waals surface area contributed by atoms with Crippen LogP contribution in [0.3, 0.4) is 0 Å². The Bertz CT molecular complexity index is 1040. The van der Waals surface area contributed by atoms with Crippen LogP contribution in [0.25, 0.3) is 21.9 Å². The number of halogens is 6. The first kappa shape index (κ1) is 23.0. The Morgan fingerprint density at radius 1 is 0.806 bits per heavy atom. The molecule has 166 valence electrons. The number of alkyl halides is 2. The van der Waals surface area contributed by atoms with Crippen molar-refractivity contribution in [2.45, 2.75) is 52.1 Å². The van der Waals surface area contributed by atoms with Crippen molar-refractivity contribution in [3.63, 3.8) is 0 Å². The van der Waals surface area contributed by atoms with E-state index in [1.54, 1.807) is 0 Å². The highest BCUT2D eigenvalue weighted by Crippen LogP contribution is 2.35. The van der Waals surface area contributed by atoms with Gasteiger partial charge in [0.25, 0.3) is 0 Å². The van der Waals surface area contributed by atoms with Crippen molar-refractivity contribution >= 4 is 10.8 Å². The number of fused-ring (bicyclic) bond motifs is 1. The molecular weight excluding hydrogens is 418 g/mol. The Morgan fingerprint density at radius 3 is 2.13 bits per heavy atom. The van der Waals surface area contributed by atoms with E-state index in [1.165, 1.54) is 24.3 Å². The normalized spacial score (nSPS) is 11.5. The van der Waals surface area contributed by atoms with E-state index < -0.39 is 35.6 Å². The molecule has 0 bridgehead atoms. The summed E-state index contributed by atoms with van der Waals surface area (Å²) in [4.78, 5) is 0. The Kier molecular flexibility index (Phi) is 7.46. The smallest absolute Gasteiger partial charge is 0.387 e. The van der Waals surface area contributed by atoms with Crippen molar-refractivity contribution < 1.29 is 31.1 Å². The van der Waals surface area contributed by atoms with Gasteiger partial charge < -0.3 is 4.74 Å². The molecule has 0 N–H and O–H groups in total. The van der Waals surface area contributed by atoms with Crippen molar-refractivity contribution in [2.24, 2.45) is 0 Å². The Morgan fingerprint density at radius 2 is 1.48 bits per heavy atom. The first-order chi connectivity index (χ1) is 14.8. The summed E-state index contributed by atoms with van der Waals surface area (Å²) in [5.41, 5.74) is 0.311. The quantitative estimate of drug-likeness (QED) is 0.241. The second-order valence-corrected chi connectivity index (χ2v) is 7.41. The lowest BCUT2D eigenvalue weighted by molar-refractivity contribution is -0.0544. The van der Waals surface area contributed by atoms with Gasteiger partial charge in [0.15, 0.2) is 17.4 Å². The predicted octanol–water partition coefficient (Wildman–Crippen LogP) is 8.18. The molecule has 0 aliphatic heterocycles. The summed E-state index contributed by atoms with van der Waals surface area (Å²) in [6.07, 6.45) is 5.68. The Hall–Kier alpha value is -2.70. The minimum absolute atomic E-state index is 0.0343. The van der Waals surface area contributed by atoms with Crippen LogP contribution in [0, 0.1) is 23.3 Å². The standard InChI is InChI=1S/C24H22F6O/c1-2-3-4-5-6-7-14-10-18(25)21(19(26)11-14)15-8-9-17-16(12-15)13-20(27)23(22(17)28)31-24(29)30/h8-13,24H,2-7H2,1H3. The fourth-order valence-electron chi connectivity index (χ4n) is 3.64. The molecule has 0 aromatic heterocycles. The van der Waals surface area contributed by atoms with Crippen LogP contribution in [0.1, 0.15) is 44.6 Å². The van der Waals surface area contributed by atoms with E-state index in [9.17, 15) is 26.3 Å². The average molecular weight is 440 g/mol. The van der Waals surface area contributed by atoms with Gasteiger partial charge >= 0.3 is 6.61 Å². The maximum atomic E-state index is 14.7. The molecule has 31 heavy (non-hydrogen) atoms. The molecule has 7 heteroatoms. The van der Waals surface area contributed by atoms with Gasteiger partial charge in [-0.25, -0.2) is 17.6 Å². The van der Waals surface area contributed by atoms with Gasteiger partial charge in [-0.1, -0.05) is 44.7 Å². The van der Waals surface area contributed by atoms with E-state index in [2.05, 4.69) is 11.7 Å². The molecule has 0 heterocycles. The Labute approximate surface area is 176 Å². The number of ether oxygens (including phenoxy) is 1. The van der Waals surface area contributed by atoms with Crippen molar-refractivity contribution in [1.29, 1.82) is 0 Å². The fourth-order valence-corrected chi connectivity index (χ4v) is 3.64. The first-order valence-electron chi connectivity index (χ1n) is 10.2. The third-order valence-corrected chi connectivity index (χ3v) is 5.15. The summed E-state index contributed by atoms with van der Waals surface area (Å²) in [6, 6.07) is 6.94. The van der Waals surface area contributed by atoms with Gasteiger partial charge in [0, 0.05) is 5.39 Å². The zero-order chi connectivity index (χ0) is 22.5. The number of hydrogen-bond acceptors (Lipinski definition) is 1. The summed E-state index contributed by atoms with van der Waals surface area (Å²) >= 11 is 0. The summed E-state index contributed by atoms with van der Waals surface area (Å²) < 4.78 is 86.5. The number of benzene rings is 3. The molecule has 0 atom stereocenters. The molecule has 0 aliphatic carbocycles. The van der Waals surface area contributed by atoms with Gasteiger partial charge in [0.2, 0.25) is 0 Å². The molecule has 3 aromatic carbocycles. The maximum Gasteiger partial charge on any atom is 0.387 e. The van der Waals surface area contributed by atoms with E-state index in [4.69, 9.17) is 0 Å². The maximum absolute atomic E-state index is 14.7. The van der Waals surface area contributed by atoms with Crippen molar-refractivity contribution in [1.82, 2.24) is 0 Å². The lowest BCUT2D eigenvalue weighted by atomic mass is 9.97. The number of aryl methyl sites for hydroxylation is 1. The fraction of sp³-hybridized carbons (Fsp3) is 0.333. The van der Waals surface area contributed by atoms with Crippen molar-refractivity contribution in [2.75, 3.05) is 0 Å². The average Bonchev–Trinajstić information content (AvgIpc) is 2.70. The van der Waals surface area contributed by atoms with Gasteiger partial charge in [-0.3, -0.25) is 0 Å². The summed E-state index contributed by atoms with van der Waals surface area (Å²) in [6.45, 7) is -1.29. The van der Waals surface area contributed by atoms with Crippen LogP contribution >= 0.6 is 0 Å². The molecular formula is C24H22F6O. The van der Waals surface area contributed by atoms with Crippen LogP contribution < -0.4 is 4.74 Å². The van der Waals surface area contributed by atoms with Gasteiger partial charge in [0.1, 0.15) is 11.6 Å². The van der Waals surface area contributed by atoms with Crippen LogP contribution in [0.4, 0.5) is 26.3 Å². The van der Waals surface area contributed by atoms with Crippen LogP contribution in [0.5, 0.6) is 5.75 Å².